The summed E-state index contributed by atoms with van der Waals surface area (Å²) >= 11 is 0. The first-order valence-electron chi connectivity index (χ1n) is 7.28. The molecule has 2 nitrogen and oxygen atoms in total. The zero-order valence-corrected chi connectivity index (χ0v) is 11.8. The van der Waals surface area contributed by atoms with Gasteiger partial charge < -0.3 is 10.4 Å². The monoisotopic (exact) mass is 265 g/mol. The molecule has 106 valence electrons. The quantitative estimate of drug-likeness (QED) is 0.867. The fourth-order valence-corrected chi connectivity index (χ4v) is 3.15. The molecule has 2 rings (SSSR count). The van der Waals surface area contributed by atoms with Crippen LogP contribution in [0.3, 0.4) is 0 Å². The summed E-state index contributed by atoms with van der Waals surface area (Å²) in [5, 5.41) is 13.2. The minimum absolute atomic E-state index is 0.172. The molecule has 0 heterocycles. The van der Waals surface area contributed by atoms with Crippen molar-refractivity contribution in [2.24, 2.45) is 11.8 Å². The lowest BCUT2D eigenvalue weighted by Gasteiger charge is -2.35. The predicted octanol–water partition coefficient (Wildman–Crippen LogP) is 3.84. The van der Waals surface area contributed by atoms with Crippen LogP contribution in [0.25, 0.3) is 0 Å². The Morgan fingerprint density at radius 2 is 2.05 bits per heavy atom. The van der Waals surface area contributed by atoms with Gasteiger partial charge in [-0.3, -0.25) is 0 Å². The fourth-order valence-electron chi connectivity index (χ4n) is 3.15. The highest BCUT2D eigenvalue weighted by Gasteiger charge is 2.27. The summed E-state index contributed by atoms with van der Waals surface area (Å²) in [6.45, 7) is 5.08. The summed E-state index contributed by atoms with van der Waals surface area (Å²) in [5.41, 5.74) is 0.646. The Morgan fingerprint density at radius 3 is 2.79 bits per heavy atom. The highest BCUT2D eigenvalue weighted by molar-refractivity contribution is 5.32. The van der Waals surface area contributed by atoms with E-state index in [1.165, 1.54) is 43.9 Å². The number of phenolic OH excluding ortho intramolecular Hbond substituents is 1. The summed E-state index contributed by atoms with van der Waals surface area (Å²) in [4.78, 5) is 0. The zero-order valence-electron chi connectivity index (χ0n) is 11.8. The van der Waals surface area contributed by atoms with E-state index in [0.717, 1.165) is 0 Å². The second kappa shape index (κ2) is 6.38. The van der Waals surface area contributed by atoms with Gasteiger partial charge in [0, 0.05) is 18.2 Å². The Bertz CT molecular complexity index is 419. The smallest absolute Gasteiger partial charge is 0.123 e. The van der Waals surface area contributed by atoms with Crippen LogP contribution in [0.1, 0.15) is 45.1 Å². The molecule has 1 fully saturated rings. The number of nitrogens with one attached hydrogen (secondary N) is 1. The van der Waals surface area contributed by atoms with Crippen LogP contribution in [0.4, 0.5) is 4.39 Å². The van der Waals surface area contributed by atoms with Crippen molar-refractivity contribution >= 4 is 0 Å². The molecule has 0 bridgehead atoms. The Kier molecular flexibility index (Phi) is 4.81. The van der Waals surface area contributed by atoms with Gasteiger partial charge in [-0.1, -0.05) is 26.7 Å². The molecule has 2 unspecified atom stereocenters. The topological polar surface area (TPSA) is 32.3 Å². The number of benzene rings is 1. The van der Waals surface area contributed by atoms with E-state index >= 15 is 0 Å². The lowest BCUT2D eigenvalue weighted by atomic mass is 9.78. The number of phenols is 1. The minimum atomic E-state index is -0.293. The van der Waals surface area contributed by atoms with E-state index in [9.17, 15) is 9.50 Å². The van der Waals surface area contributed by atoms with Gasteiger partial charge in [-0.15, -0.1) is 0 Å². The van der Waals surface area contributed by atoms with Gasteiger partial charge >= 0.3 is 0 Å². The normalized spacial score (nSPS) is 23.8. The van der Waals surface area contributed by atoms with E-state index < -0.39 is 0 Å². The van der Waals surface area contributed by atoms with E-state index in [-0.39, 0.29) is 11.6 Å². The summed E-state index contributed by atoms with van der Waals surface area (Å²) < 4.78 is 13.2. The van der Waals surface area contributed by atoms with Crippen molar-refractivity contribution in [1.82, 2.24) is 5.32 Å². The highest BCUT2D eigenvalue weighted by atomic mass is 19.1. The maximum absolute atomic E-state index is 13.2. The van der Waals surface area contributed by atoms with Crippen LogP contribution < -0.4 is 5.32 Å². The van der Waals surface area contributed by atoms with Crippen LogP contribution in [-0.2, 0) is 6.54 Å². The Morgan fingerprint density at radius 1 is 1.32 bits per heavy atom. The fraction of sp³-hybridized carbons (Fsp3) is 0.625. The number of rotatable bonds is 4. The Labute approximate surface area is 115 Å². The lowest BCUT2D eigenvalue weighted by molar-refractivity contribution is 0.204. The summed E-state index contributed by atoms with van der Waals surface area (Å²) in [6.07, 6.45) is 5.02. The van der Waals surface area contributed by atoms with Gasteiger partial charge in [0.05, 0.1) is 0 Å². The van der Waals surface area contributed by atoms with Gasteiger partial charge in [0.2, 0.25) is 0 Å². The number of halogens is 1. The van der Waals surface area contributed by atoms with Crippen molar-refractivity contribution in [1.29, 1.82) is 0 Å². The third kappa shape index (κ3) is 3.69. The summed E-state index contributed by atoms with van der Waals surface area (Å²) in [6, 6.07) is 4.61. The molecule has 2 N–H and O–H groups in total. The largest absolute Gasteiger partial charge is 0.508 e. The van der Waals surface area contributed by atoms with E-state index in [1.54, 1.807) is 0 Å². The first-order chi connectivity index (χ1) is 9.08. The van der Waals surface area contributed by atoms with Gasteiger partial charge in [0.1, 0.15) is 11.6 Å². The molecule has 2 atom stereocenters. The number of hydrogen-bond donors (Lipinski definition) is 2. The average Bonchev–Trinajstić information content (AvgIpc) is 2.40. The highest BCUT2D eigenvalue weighted by Crippen LogP contribution is 2.30. The van der Waals surface area contributed by atoms with Crippen molar-refractivity contribution < 1.29 is 9.50 Å². The van der Waals surface area contributed by atoms with Crippen LogP contribution >= 0.6 is 0 Å². The summed E-state index contributed by atoms with van der Waals surface area (Å²) in [7, 11) is 0. The first-order valence-corrected chi connectivity index (χ1v) is 7.28. The van der Waals surface area contributed by atoms with Crippen molar-refractivity contribution in [3.63, 3.8) is 0 Å². The van der Waals surface area contributed by atoms with Crippen LogP contribution in [-0.4, -0.2) is 11.1 Å². The van der Waals surface area contributed by atoms with Crippen molar-refractivity contribution in [3.05, 3.63) is 29.6 Å². The zero-order chi connectivity index (χ0) is 13.8. The lowest BCUT2D eigenvalue weighted by Crippen LogP contribution is -2.40. The molecular weight excluding hydrogens is 241 g/mol. The van der Waals surface area contributed by atoms with E-state index in [2.05, 4.69) is 19.2 Å². The maximum atomic E-state index is 13.2. The standard InChI is InChI=1S/C16H24FNO/c1-11(2)14-5-3-4-6-15(14)18-10-12-9-13(17)7-8-16(12)19/h7-9,11,14-15,18-19H,3-6,10H2,1-2H3. The number of hydrogen-bond acceptors (Lipinski definition) is 2. The SMILES string of the molecule is CC(C)C1CCCCC1NCc1cc(F)ccc1O. The molecular formula is C16H24FNO. The second-order valence-electron chi connectivity index (χ2n) is 5.95. The summed E-state index contributed by atoms with van der Waals surface area (Å²) in [5.74, 6) is 1.23. The van der Waals surface area contributed by atoms with Gasteiger partial charge in [-0.2, -0.15) is 0 Å². The van der Waals surface area contributed by atoms with Crippen LogP contribution in [0.15, 0.2) is 18.2 Å². The molecule has 19 heavy (non-hydrogen) atoms. The molecule has 1 saturated carbocycles. The molecule has 0 radical (unpaired) electrons. The predicted molar refractivity (Wildman–Crippen MR) is 75.5 cm³/mol. The molecule has 1 aromatic carbocycles. The Hall–Kier alpha value is -1.09. The molecule has 0 spiro atoms. The first kappa shape index (κ1) is 14.3. The van der Waals surface area contributed by atoms with Gasteiger partial charge in [-0.25, -0.2) is 4.39 Å². The van der Waals surface area contributed by atoms with E-state index in [4.69, 9.17) is 0 Å². The average molecular weight is 265 g/mol. The second-order valence-corrected chi connectivity index (χ2v) is 5.95. The molecule has 0 aliphatic heterocycles. The van der Waals surface area contributed by atoms with E-state index in [0.29, 0.717) is 30.0 Å². The third-order valence-electron chi connectivity index (χ3n) is 4.27. The molecule has 0 saturated heterocycles. The maximum Gasteiger partial charge on any atom is 0.123 e. The van der Waals surface area contributed by atoms with Gasteiger partial charge in [-0.05, 0) is 42.9 Å². The van der Waals surface area contributed by atoms with Crippen molar-refractivity contribution in [2.75, 3.05) is 0 Å². The van der Waals surface area contributed by atoms with Gasteiger partial charge in [0.15, 0.2) is 0 Å². The molecule has 1 aliphatic rings. The molecule has 0 amide bonds. The van der Waals surface area contributed by atoms with Gasteiger partial charge in [0.25, 0.3) is 0 Å². The number of aromatic hydroxyl groups is 1. The van der Waals surface area contributed by atoms with Crippen molar-refractivity contribution in [3.8, 4) is 5.75 Å². The Balaban J connectivity index is 1.98. The van der Waals surface area contributed by atoms with Crippen molar-refractivity contribution in [2.45, 2.75) is 52.1 Å². The minimum Gasteiger partial charge on any atom is -0.508 e. The molecule has 1 aromatic rings. The van der Waals surface area contributed by atoms with E-state index in [1.807, 2.05) is 0 Å². The third-order valence-corrected chi connectivity index (χ3v) is 4.27. The molecule has 0 aromatic heterocycles. The van der Waals surface area contributed by atoms with Crippen LogP contribution in [0.5, 0.6) is 5.75 Å². The van der Waals surface area contributed by atoms with Crippen LogP contribution in [0, 0.1) is 17.7 Å². The molecule has 1 aliphatic carbocycles. The van der Waals surface area contributed by atoms with Crippen LogP contribution in [0.2, 0.25) is 0 Å². The molecule has 3 heteroatoms.